The van der Waals surface area contributed by atoms with Crippen LogP contribution >= 0.6 is 7.60 Å². The van der Waals surface area contributed by atoms with Gasteiger partial charge in [0.15, 0.2) is 0 Å². The van der Waals surface area contributed by atoms with Crippen molar-refractivity contribution in [2.75, 3.05) is 19.4 Å². The van der Waals surface area contributed by atoms with Crippen LogP contribution in [0, 0.1) is 0 Å². The Kier molecular flexibility index (Phi) is 24.0. The van der Waals surface area contributed by atoms with Crippen molar-refractivity contribution in [3.8, 4) is 0 Å². The Morgan fingerprint density at radius 1 is 0.750 bits per heavy atom. The molecule has 0 aromatic carbocycles. The van der Waals surface area contributed by atoms with Gasteiger partial charge in [0, 0.05) is 0 Å². The zero-order valence-electron chi connectivity index (χ0n) is 14.2. The van der Waals surface area contributed by atoms with Crippen molar-refractivity contribution in [1.82, 2.24) is 0 Å². The lowest BCUT2D eigenvalue weighted by Gasteiger charge is -2.18. The van der Waals surface area contributed by atoms with Crippen molar-refractivity contribution in [1.29, 1.82) is 0 Å². The Morgan fingerprint density at radius 3 is 1.40 bits per heavy atom. The minimum Gasteiger partial charge on any atom is -0.412 e. The highest BCUT2D eigenvalue weighted by Crippen LogP contribution is 2.49. The summed E-state index contributed by atoms with van der Waals surface area (Å²) in [5, 5.41) is 0. The number of hydrogen-bond donors (Lipinski definition) is 0. The molecule has 0 bridgehead atoms. The van der Waals surface area contributed by atoms with Crippen LogP contribution in [-0.2, 0) is 13.6 Å². The molecule has 0 saturated heterocycles. The van der Waals surface area contributed by atoms with Crippen LogP contribution in [0.5, 0.6) is 0 Å². The van der Waals surface area contributed by atoms with Gasteiger partial charge in [-0.05, 0) is 19.3 Å². The molecule has 0 aliphatic heterocycles. The van der Waals surface area contributed by atoms with Gasteiger partial charge in [0.25, 0.3) is 0 Å². The maximum absolute atomic E-state index is 12.3. The highest BCUT2D eigenvalue weighted by molar-refractivity contribution is 7.53. The summed E-state index contributed by atoms with van der Waals surface area (Å²) in [6, 6.07) is 0. The maximum Gasteiger partial charge on any atom is 0.330 e. The SMILES string of the molecule is CCC.CCCCOP(=O)(CCCC)OCCCC.O. The van der Waals surface area contributed by atoms with Crippen LogP contribution in [-0.4, -0.2) is 24.9 Å². The van der Waals surface area contributed by atoms with Gasteiger partial charge in [-0.1, -0.05) is 60.3 Å². The molecule has 0 heterocycles. The maximum atomic E-state index is 12.3. The molecule has 0 aromatic rings. The average Bonchev–Trinajstić information content (AvgIpc) is 2.38. The molecule has 0 fully saturated rings. The normalized spacial score (nSPS) is 10.4. The second-order valence-electron chi connectivity index (χ2n) is 4.77. The Labute approximate surface area is 126 Å². The lowest BCUT2D eigenvalue weighted by Crippen LogP contribution is -2.03. The van der Waals surface area contributed by atoms with E-state index in [-0.39, 0.29) is 5.48 Å². The van der Waals surface area contributed by atoms with Crippen molar-refractivity contribution >= 4 is 7.60 Å². The van der Waals surface area contributed by atoms with E-state index in [0.717, 1.165) is 38.5 Å². The molecule has 126 valence electrons. The largest absolute Gasteiger partial charge is 0.412 e. The first-order valence-electron chi connectivity index (χ1n) is 7.98. The summed E-state index contributed by atoms with van der Waals surface area (Å²) in [6.45, 7) is 11.6. The zero-order valence-corrected chi connectivity index (χ0v) is 15.1. The zero-order chi connectivity index (χ0) is 15.0. The van der Waals surface area contributed by atoms with E-state index in [2.05, 4.69) is 34.6 Å². The Hall–Kier alpha value is 0.110. The van der Waals surface area contributed by atoms with Gasteiger partial charge in [-0.25, -0.2) is 0 Å². The third-order valence-electron chi connectivity index (χ3n) is 2.36. The van der Waals surface area contributed by atoms with Gasteiger partial charge in [-0.2, -0.15) is 0 Å². The standard InChI is InChI=1S/C12H27O3P.C3H8.H2O/c1-4-7-10-14-16(13,12-9-6-3)15-11-8-5-2;1-3-2;/h4-12H2,1-3H3;3H2,1-2H3;1H2. The van der Waals surface area contributed by atoms with E-state index in [1.807, 2.05) is 0 Å². The number of rotatable bonds is 11. The summed E-state index contributed by atoms with van der Waals surface area (Å²) >= 11 is 0. The van der Waals surface area contributed by atoms with Gasteiger partial charge in [-0.15, -0.1) is 0 Å². The highest BCUT2D eigenvalue weighted by atomic mass is 31.2. The molecule has 5 heteroatoms. The molecular weight excluding hydrogens is 275 g/mol. The first kappa shape index (κ1) is 25.1. The van der Waals surface area contributed by atoms with Crippen LogP contribution in [0.25, 0.3) is 0 Å². The molecule has 0 rings (SSSR count). The van der Waals surface area contributed by atoms with Crippen molar-refractivity contribution < 1.29 is 19.1 Å². The van der Waals surface area contributed by atoms with Gasteiger partial charge in [0.05, 0.1) is 19.4 Å². The predicted octanol–water partition coefficient (Wildman–Crippen LogP) is 5.20. The van der Waals surface area contributed by atoms with Crippen LogP contribution in [0.2, 0.25) is 0 Å². The lowest BCUT2D eigenvalue weighted by atomic mass is 10.4. The Morgan fingerprint density at radius 2 is 1.10 bits per heavy atom. The molecule has 2 N–H and O–H groups in total. The van der Waals surface area contributed by atoms with Crippen molar-refractivity contribution in [2.45, 2.75) is 79.6 Å². The third-order valence-corrected chi connectivity index (χ3v) is 4.37. The lowest BCUT2D eigenvalue weighted by molar-refractivity contribution is 0.199. The predicted molar refractivity (Wildman–Crippen MR) is 88.7 cm³/mol. The van der Waals surface area contributed by atoms with Gasteiger partial charge in [0.2, 0.25) is 0 Å². The fraction of sp³-hybridized carbons (Fsp3) is 1.00. The minimum absolute atomic E-state index is 0. The first-order chi connectivity index (χ1) is 9.10. The molecule has 0 saturated carbocycles. The van der Waals surface area contributed by atoms with E-state index < -0.39 is 7.60 Å². The summed E-state index contributed by atoms with van der Waals surface area (Å²) in [6.07, 6.45) is 7.77. The smallest absolute Gasteiger partial charge is 0.330 e. The Bertz CT molecular complexity index is 196. The molecule has 0 atom stereocenters. The summed E-state index contributed by atoms with van der Waals surface area (Å²) in [4.78, 5) is 0. The second-order valence-corrected chi connectivity index (χ2v) is 6.95. The van der Waals surface area contributed by atoms with Crippen molar-refractivity contribution in [3.05, 3.63) is 0 Å². The van der Waals surface area contributed by atoms with Crippen LogP contribution in [0.3, 0.4) is 0 Å². The molecule has 0 aliphatic carbocycles. The van der Waals surface area contributed by atoms with Gasteiger partial charge in [0.1, 0.15) is 0 Å². The van der Waals surface area contributed by atoms with E-state index in [9.17, 15) is 4.57 Å². The molecule has 0 amide bonds. The summed E-state index contributed by atoms with van der Waals surface area (Å²) in [5.74, 6) is 0. The fourth-order valence-electron chi connectivity index (χ4n) is 1.21. The van der Waals surface area contributed by atoms with E-state index in [0.29, 0.717) is 19.4 Å². The van der Waals surface area contributed by atoms with E-state index >= 15 is 0 Å². The second kappa shape index (κ2) is 19.1. The average molecular weight is 312 g/mol. The molecule has 0 radical (unpaired) electrons. The first-order valence-corrected chi connectivity index (χ1v) is 9.70. The number of unbranched alkanes of at least 4 members (excludes halogenated alkanes) is 3. The van der Waals surface area contributed by atoms with E-state index in [1.54, 1.807) is 0 Å². The topological polar surface area (TPSA) is 67.0 Å². The van der Waals surface area contributed by atoms with Crippen molar-refractivity contribution in [3.63, 3.8) is 0 Å². The molecular formula is C15H37O4P. The quantitative estimate of drug-likeness (QED) is 0.389. The molecule has 0 aromatic heterocycles. The monoisotopic (exact) mass is 312 g/mol. The summed E-state index contributed by atoms with van der Waals surface area (Å²) < 4.78 is 23.2. The van der Waals surface area contributed by atoms with Gasteiger partial charge >= 0.3 is 7.60 Å². The molecule has 0 aliphatic rings. The molecule has 0 unspecified atom stereocenters. The van der Waals surface area contributed by atoms with Crippen LogP contribution < -0.4 is 0 Å². The van der Waals surface area contributed by atoms with Crippen molar-refractivity contribution in [2.24, 2.45) is 0 Å². The number of hydrogen-bond acceptors (Lipinski definition) is 3. The summed E-state index contributed by atoms with van der Waals surface area (Å²) in [5.41, 5.74) is 0. The van der Waals surface area contributed by atoms with Crippen LogP contribution in [0.1, 0.15) is 79.6 Å². The molecule has 20 heavy (non-hydrogen) atoms. The van der Waals surface area contributed by atoms with E-state index in [4.69, 9.17) is 9.05 Å². The molecule has 0 spiro atoms. The molecule has 4 nitrogen and oxygen atoms in total. The minimum atomic E-state index is -2.80. The Balaban J connectivity index is -0.000000657. The van der Waals surface area contributed by atoms with Gasteiger partial charge in [-0.3, -0.25) is 4.57 Å². The highest BCUT2D eigenvalue weighted by Gasteiger charge is 2.23. The fourth-order valence-corrected chi connectivity index (χ4v) is 3.06. The third kappa shape index (κ3) is 18.1. The van der Waals surface area contributed by atoms with Gasteiger partial charge < -0.3 is 14.5 Å². The van der Waals surface area contributed by atoms with Crippen LogP contribution in [0.4, 0.5) is 0 Å². The van der Waals surface area contributed by atoms with E-state index in [1.165, 1.54) is 6.42 Å². The van der Waals surface area contributed by atoms with Crippen LogP contribution in [0.15, 0.2) is 0 Å². The summed E-state index contributed by atoms with van der Waals surface area (Å²) in [7, 11) is -2.80.